The first-order valence-corrected chi connectivity index (χ1v) is 8.26. The molecule has 0 radical (unpaired) electrons. The third-order valence-electron chi connectivity index (χ3n) is 5.68. The Labute approximate surface area is 119 Å². The summed E-state index contributed by atoms with van der Waals surface area (Å²) in [5.74, 6) is 1.65. The highest BCUT2D eigenvalue weighted by Crippen LogP contribution is 2.33. The van der Waals surface area contributed by atoms with Crippen molar-refractivity contribution in [3.05, 3.63) is 0 Å². The van der Waals surface area contributed by atoms with Crippen LogP contribution >= 0.6 is 0 Å². The summed E-state index contributed by atoms with van der Waals surface area (Å²) in [6.07, 6.45) is 8.18. The second kappa shape index (κ2) is 7.05. The average molecular weight is 267 g/mol. The van der Waals surface area contributed by atoms with Gasteiger partial charge < -0.3 is 15.5 Å². The molecule has 0 spiro atoms. The lowest BCUT2D eigenvalue weighted by atomic mass is 9.76. The van der Waals surface area contributed by atoms with Gasteiger partial charge in [-0.2, -0.15) is 0 Å². The number of hydrogen-bond acceptors (Lipinski definition) is 3. The van der Waals surface area contributed by atoms with Crippen LogP contribution in [-0.2, 0) is 0 Å². The summed E-state index contributed by atoms with van der Waals surface area (Å²) in [5.41, 5.74) is 6.02. The van der Waals surface area contributed by atoms with E-state index in [4.69, 9.17) is 5.73 Å². The molecule has 0 aromatic heterocycles. The Morgan fingerprint density at radius 3 is 2.63 bits per heavy atom. The van der Waals surface area contributed by atoms with Crippen LogP contribution < -0.4 is 5.73 Å². The van der Waals surface area contributed by atoms with Crippen LogP contribution in [-0.4, -0.2) is 55.6 Å². The minimum absolute atomic E-state index is 0.720. The van der Waals surface area contributed by atoms with E-state index in [1.807, 2.05) is 0 Å². The fourth-order valence-electron chi connectivity index (χ4n) is 4.16. The fraction of sp³-hybridized carbons (Fsp3) is 1.00. The molecule has 19 heavy (non-hydrogen) atoms. The third-order valence-corrected chi connectivity index (χ3v) is 5.68. The Balaban J connectivity index is 1.92. The van der Waals surface area contributed by atoms with E-state index in [1.165, 1.54) is 51.6 Å². The number of likely N-dealkylation sites (N-methyl/N-ethyl adjacent to an activating group) is 2. The van der Waals surface area contributed by atoms with E-state index in [2.05, 4.69) is 30.8 Å². The predicted molar refractivity (Wildman–Crippen MR) is 82.2 cm³/mol. The zero-order valence-corrected chi connectivity index (χ0v) is 13.1. The van der Waals surface area contributed by atoms with Crippen molar-refractivity contribution in [3.63, 3.8) is 0 Å². The molecule has 3 nitrogen and oxygen atoms in total. The van der Waals surface area contributed by atoms with E-state index in [0.29, 0.717) is 0 Å². The molecule has 0 amide bonds. The van der Waals surface area contributed by atoms with Crippen molar-refractivity contribution in [1.82, 2.24) is 9.80 Å². The summed E-state index contributed by atoms with van der Waals surface area (Å²) < 4.78 is 0. The van der Waals surface area contributed by atoms with Crippen LogP contribution in [0.3, 0.4) is 0 Å². The van der Waals surface area contributed by atoms with Crippen molar-refractivity contribution in [2.45, 2.75) is 57.5 Å². The van der Waals surface area contributed by atoms with E-state index < -0.39 is 0 Å². The molecular formula is C16H33N3. The summed E-state index contributed by atoms with van der Waals surface area (Å²) in [4.78, 5) is 5.17. The van der Waals surface area contributed by atoms with Crippen molar-refractivity contribution in [3.8, 4) is 0 Å². The summed E-state index contributed by atoms with van der Waals surface area (Å²) in [6.45, 7) is 5.72. The van der Waals surface area contributed by atoms with Crippen LogP contribution in [0.2, 0.25) is 0 Å². The first-order chi connectivity index (χ1) is 9.15. The third kappa shape index (κ3) is 3.71. The number of nitrogens with two attached hydrogens (primary N) is 1. The summed E-state index contributed by atoms with van der Waals surface area (Å²) in [7, 11) is 4.61. The quantitative estimate of drug-likeness (QED) is 0.828. The second-order valence-corrected chi connectivity index (χ2v) is 6.87. The maximum absolute atomic E-state index is 6.02. The van der Waals surface area contributed by atoms with Crippen LogP contribution in [0.4, 0.5) is 0 Å². The van der Waals surface area contributed by atoms with E-state index in [9.17, 15) is 0 Å². The first kappa shape index (κ1) is 15.3. The van der Waals surface area contributed by atoms with Crippen LogP contribution in [0.5, 0.6) is 0 Å². The van der Waals surface area contributed by atoms with E-state index in [1.54, 1.807) is 0 Å². The summed E-state index contributed by atoms with van der Waals surface area (Å²) in [6, 6.07) is 1.49. The molecule has 1 saturated carbocycles. The fourth-order valence-corrected chi connectivity index (χ4v) is 4.16. The van der Waals surface area contributed by atoms with Gasteiger partial charge in [0, 0.05) is 18.6 Å². The molecule has 2 fully saturated rings. The predicted octanol–water partition coefficient (Wildman–Crippen LogP) is 2.17. The lowest BCUT2D eigenvalue weighted by Crippen LogP contribution is -2.49. The zero-order chi connectivity index (χ0) is 13.8. The van der Waals surface area contributed by atoms with Gasteiger partial charge in [-0.3, -0.25) is 0 Å². The highest BCUT2D eigenvalue weighted by atomic mass is 15.2. The monoisotopic (exact) mass is 267 g/mol. The van der Waals surface area contributed by atoms with Crippen LogP contribution in [0.25, 0.3) is 0 Å². The summed E-state index contributed by atoms with van der Waals surface area (Å²) >= 11 is 0. The van der Waals surface area contributed by atoms with Gasteiger partial charge in [-0.15, -0.1) is 0 Å². The molecule has 2 N–H and O–H groups in total. The van der Waals surface area contributed by atoms with Gasteiger partial charge in [-0.05, 0) is 64.7 Å². The van der Waals surface area contributed by atoms with Crippen molar-refractivity contribution in [2.24, 2.45) is 17.6 Å². The standard InChI is InChI=1S/C16H33N3/c1-4-13-7-8-14(11-17)16(10-13)19(3)12-15-6-5-9-18(15)2/h13-16H,4-12,17H2,1-3H3. The molecule has 112 valence electrons. The van der Waals surface area contributed by atoms with Gasteiger partial charge in [0.25, 0.3) is 0 Å². The molecule has 0 aromatic carbocycles. The number of nitrogens with zero attached hydrogens (tertiary/aromatic N) is 2. The van der Waals surface area contributed by atoms with Gasteiger partial charge in [-0.25, -0.2) is 0 Å². The molecule has 2 rings (SSSR count). The molecule has 2 aliphatic rings. The smallest absolute Gasteiger partial charge is 0.0220 e. The molecule has 4 unspecified atom stereocenters. The van der Waals surface area contributed by atoms with E-state index in [-0.39, 0.29) is 0 Å². The van der Waals surface area contributed by atoms with Crippen LogP contribution in [0, 0.1) is 11.8 Å². The highest BCUT2D eigenvalue weighted by Gasteiger charge is 2.33. The number of likely N-dealkylation sites (tertiary alicyclic amines) is 1. The molecule has 1 saturated heterocycles. The van der Waals surface area contributed by atoms with Gasteiger partial charge in [0.2, 0.25) is 0 Å². The Morgan fingerprint density at radius 2 is 2.05 bits per heavy atom. The van der Waals surface area contributed by atoms with Crippen molar-refractivity contribution in [1.29, 1.82) is 0 Å². The minimum atomic E-state index is 0.720. The normalized spacial score (nSPS) is 37.1. The van der Waals surface area contributed by atoms with Gasteiger partial charge in [-0.1, -0.05) is 19.8 Å². The van der Waals surface area contributed by atoms with Gasteiger partial charge in [0.05, 0.1) is 0 Å². The molecule has 1 heterocycles. The summed E-state index contributed by atoms with van der Waals surface area (Å²) in [5, 5.41) is 0. The molecule has 0 bridgehead atoms. The Hall–Kier alpha value is -0.120. The SMILES string of the molecule is CCC1CCC(CN)C(N(C)CC2CCCN2C)C1. The molecule has 4 atom stereocenters. The maximum atomic E-state index is 6.02. The minimum Gasteiger partial charge on any atom is -0.330 e. The molecular weight excluding hydrogens is 234 g/mol. The Morgan fingerprint density at radius 1 is 1.26 bits per heavy atom. The number of rotatable bonds is 5. The molecule has 0 aromatic rings. The topological polar surface area (TPSA) is 32.5 Å². The zero-order valence-electron chi connectivity index (χ0n) is 13.1. The lowest BCUT2D eigenvalue weighted by Gasteiger charge is -2.42. The molecule has 1 aliphatic carbocycles. The average Bonchev–Trinajstić information content (AvgIpc) is 2.83. The van der Waals surface area contributed by atoms with E-state index in [0.717, 1.165) is 30.5 Å². The van der Waals surface area contributed by atoms with Crippen molar-refractivity contribution in [2.75, 3.05) is 33.7 Å². The molecule has 3 heteroatoms. The number of hydrogen-bond donors (Lipinski definition) is 1. The van der Waals surface area contributed by atoms with Crippen LogP contribution in [0.1, 0.15) is 45.4 Å². The largest absolute Gasteiger partial charge is 0.330 e. The Bertz CT molecular complexity index is 269. The van der Waals surface area contributed by atoms with Gasteiger partial charge in [0.15, 0.2) is 0 Å². The van der Waals surface area contributed by atoms with Crippen LogP contribution in [0.15, 0.2) is 0 Å². The van der Waals surface area contributed by atoms with Crippen molar-refractivity contribution >= 4 is 0 Å². The second-order valence-electron chi connectivity index (χ2n) is 6.87. The first-order valence-electron chi connectivity index (χ1n) is 8.26. The molecule has 1 aliphatic heterocycles. The Kier molecular flexibility index (Phi) is 5.67. The maximum Gasteiger partial charge on any atom is 0.0220 e. The highest BCUT2D eigenvalue weighted by molar-refractivity contribution is 4.88. The van der Waals surface area contributed by atoms with Crippen molar-refractivity contribution < 1.29 is 0 Å². The van der Waals surface area contributed by atoms with E-state index >= 15 is 0 Å². The lowest BCUT2D eigenvalue weighted by molar-refractivity contribution is 0.0829. The van der Waals surface area contributed by atoms with Gasteiger partial charge >= 0.3 is 0 Å². The van der Waals surface area contributed by atoms with Gasteiger partial charge in [0.1, 0.15) is 0 Å².